The Morgan fingerprint density at radius 2 is 1.79 bits per heavy atom. The maximum absolute atomic E-state index is 12.8. The summed E-state index contributed by atoms with van der Waals surface area (Å²) >= 11 is 6.13. The average molecular weight is 492 g/mol. The predicted molar refractivity (Wildman–Crippen MR) is 119 cm³/mol. The van der Waals surface area contributed by atoms with E-state index in [0.717, 1.165) is 10.7 Å². The van der Waals surface area contributed by atoms with Crippen molar-refractivity contribution in [2.24, 2.45) is 0 Å². The van der Waals surface area contributed by atoms with E-state index in [0.29, 0.717) is 5.69 Å². The third kappa shape index (κ3) is 5.57. The molecule has 1 aromatic heterocycles. The van der Waals surface area contributed by atoms with Crippen LogP contribution in [0.4, 0.5) is 5.69 Å². The van der Waals surface area contributed by atoms with Gasteiger partial charge in [-0.1, -0.05) is 23.7 Å². The lowest BCUT2D eigenvalue weighted by atomic mass is 10.3. The lowest BCUT2D eigenvalue weighted by Gasteiger charge is -2.13. The number of hydrogen-bond acceptors (Lipinski definition) is 8. The molecule has 3 aromatic rings. The SMILES string of the molecule is CCOC(=O)c1nn(-c2ccccc2Cl)c(=O)cc1OS(=O)(=O)c1ccc(NC(C)=O)cc1. The Balaban J connectivity index is 2.05. The van der Waals surface area contributed by atoms with Crippen molar-refractivity contribution in [3.63, 3.8) is 0 Å². The van der Waals surface area contributed by atoms with E-state index in [4.69, 9.17) is 20.5 Å². The van der Waals surface area contributed by atoms with E-state index in [9.17, 15) is 22.8 Å². The van der Waals surface area contributed by atoms with Gasteiger partial charge in [0.25, 0.3) is 5.56 Å². The summed E-state index contributed by atoms with van der Waals surface area (Å²) in [5.41, 5.74) is -0.771. The Morgan fingerprint density at radius 3 is 2.39 bits per heavy atom. The number of ether oxygens (including phenoxy) is 1. The van der Waals surface area contributed by atoms with E-state index in [1.165, 1.54) is 43.3 Å². The second-order valence-corrected chi connectivity index (χ2v) is 8.48. The Labute approximate surface area is 193 Å². The van der Waals surface area contributed by atoms with Crippen LogP contribution in [0.1, 0.15) is 24.3 Å². The summed E-state index contributed by atoms with van der Waals surface area (Å²) in [5, 5.41) is 6.64. The number of benzene rings is 2. The molecular formula is C21H18ClN3O7S. The highest BCUT2D eigenvalue weighted by Crippen LogP contribution is 2.24. The summed E-state index contributed by atoms with van der Waals surface area (Å²) < 4.78 is 36.4. The van der Waals surface area contributed by atoms with Crippen molar-refractivity contribution in [3.8, 4) is 11.4 Å². The number of hydrogen-bond donors (Lipinski definition) is 1. The number of esters is 1. The van der Waals surface area contributed by atoms with Gasteiger partial charge in [0.2, 0.25) is 11.6 Å². The van der Waals surface area contributed by atoms with Gasteiger partial charge in [-0.25, -0.2) is 4.79 Å². The van der Waals surface area contributed by atoms with Crippen LogP contribution in [0.3, 0.4) is 0 Å². The number of nitrogens with zero attached hydrogens (tertiary/aromatic N) is 2. The molecule has 1 N–H and O–H groups in total. The van der Waals surface area contributed by atoms with Gasteiger partial charge < -0.3 is 14.2 Å². The molecular weight excluding hydrogens is 474 g/mol. The minimum Gasteiger partial charge on any atom is -0.461 e. The third-order valence-corrected chi connectivity index (χ3v) is 5.68. The first kappa shape index (κ1) is 24.0. The zero-order valence-electron chi connectivity index (χ0n) is 17.4. The van der Waals surface area contributed by atoms with Gasteiger partial charge in [-0.2, -0.15) is 18.2 Å². The molecule has 0 fully saturated rings. The normalized spacial score (nSPS) is 11.0. The topological polar surface area (TPSA) is 134 Å². The van der Waals surface area contributed by atoms with Crippen LogP contribution in [0.2, 0.25) is 5.02 Å². The Hall–Kier alpha value is -3.70. The van der Waals surface area contributed by atoms with Crippen molar-refractivity contribution in [1.82, 2.24) is 9.78 Å². The molecule has 33 heavy (non-hydrogen) atoms. The monoisotopic (exact) mass is 491 g/mol. The fraction of sp³-hybridized carbons (Fsp3) is 0.143. The lowest BCUT2D eigenvalue weighted by Crippen LogP contribution is -2.26. The van der Waals surface area contributed by atoms with E-state index >= 15 is 0 Å². The molecule has 0 aliphatic carbocycles. The van der Waals surface area contributed by atoms with Gasteiger partial charge in [0.05, 0.1) is 23.4 Å². The maximum atomic E-state index is 12.8. The highest BCUT2D eigenvalue weighted by atomic mass is 35.5. The summed E-state index contributed by atoms with van der Waals surface area (Å²) in [6.45, 7) is 2.83. The molecule has 172 valence electrons. The minimum absolute atomic E-state index is 0.0253. The van der Waals surface area contributed by atoms with E-state index in [1.807, 2.05) is 0 Å². The van der Waals surface area contributed by atoms with Crippen molar-refractivity contribution in [1.29, 1.82) is 0 Å². The minimum atomic E-state index is -4.47. The molecule has 0 unspecified atom stereocenters. The van der Waals surface area contributed by atoms with Gasteiger partial charge in [-0.3, -0.25) is 9.59 Å². The molecule has 3 rings (SSSR count). The zero-order valence-corrected chi connectivity index (χ0v) is 19.0. The van der Waals surface area contributed by atoms with Crippen molar-refractivity contribution in [2.45, 2.75) is 18.7 Å². The molecule has 0 bridgehead atoms. The van der Waals surface area contributed by atoms with Crippen LogP contribution in [-0.2, 0) is 19.6 Å². The quantitative estimate of drug-likeness (QED) is 0.394. The number of para-hydroxylation sites is 1. The second-order valence-electron chi connectivity index (χ2n) is 6.52. The number of anilines is 1. The molecule has 0 saturated heterocycles. The average Bonchev–Trinajstić information content (AvgIpc) is 2.74. The van der Waals surface area contributed by atoms with Crippen molar-refractivity contribution in [2.75, 3.05) is 11.9 Å². The molecule has 1 amide bonds. The molecule has 0 radical (unpaired) electrons. The molecule has 0 atom stereocenters. The molecule has 2 aromatic carbocycles. The van der Waals surface area contributed by atoms with Crippen molar-refractivity contribution >= 4 is 39.3 Å². The highest BCUT2D eigenvalue weighted by Gasteiger charge is 2.26. The van der Waals surface area contributed by atoms with Crippen LogP contribution in [0.15, 0.2) is 64.3 Å². The van der Waals surface area contributed by atoms with Gasteiger partial charge in [0, 0.05) is 12.6 Å². The van der Waals surface area contributed by atoms with Gasteiger partial charge >= 0.3 is 16.1 Å². The lowest BCUT2D eigenvalue weighted by molar-refractivity contribution is -0.114. The first-order chi connectivity index (χ1) is 15.6. The smallest absolute Gasteiger partial charge is 0.362 e. The Morgan fingerprint density at radius 1 is 1.12 bits per heavy atom. The van der Waals surface area contributed by atoms with Crippen LogP contribution < -0.4 is 15.1 Å². The van der Waals surface area contributed by atoms with Crippen LogP contribution in [-0.4, -0.2) is 36.7 Å². The predicted octanol–water partition coefficient (Wildman–Crippen LogP) is 2.79. The summed E-state index contributed by atoms with van der Waals surface area (Å²) in [4.78, 5) is 36.0. The van der Waals surface area contributed by atoms with Gasteiger partial charge in [0.1, 0.15) is 4.90 Å². The number of aromatic nitrogens is 2. The van der Waals surface area contributed by atoms with E-state index in [2.05, 4.69) is 10.4 Å². The van der Waals surface area contributed by atoms with Gasteiger partial charge in [-0.05, 0) is 43.3 Å². The number of carbonyl (C=O) groups excluding carboxylic acids is 2. The summed E-state index contributed by atoms with van der Waals surface area (Å²) in [5.74, 6) is -1.93. The number of amides is 1. The first-order valence-electron chi connectivity index (χ1n) is 9.51. The Bertz CT molecular complexity index is 1370. The molecule has 1 heterocycles. The van der Waals surface area contributed by atoms with Gasteiger partial charge in [0.15, 0.2) is 5.75 Å². The molecule has 0 aliphatic rings. The fourth-order valence-electron chi connectivity index (χ4n) is 2.72. The standard InChI is InChI=1S/C21H18ClN3O7S/c1-3-31-21(28)20-18(12-19(27)25(24-20)17-7-5-4-6-16(17)22)32-33(29,30)15-10-8-14(9-11-15)23-13(2)26/h4-12H,3H2,1-2H3,(H,23,26). The summed E-state index contributed by atoms with van der Waals surface area (Å²) in [7, 11) is -4.47. The second kappa shape index (κ2) is 9.84. The van der Waals surface area contributed by atoms with Crippen molar-refractivity contribution in [3.05, 3.63) is 75.7 Å². The van der Waals surface area contributed by atoms with E-state index in [1.54, 1.807) is 19.1 Å². The van der Waals surface area contributed by atoms with Crippen LogP contribution in [0.25, 0.3) is 5.69 Å². The zero-order chi connectivity index (χ0) is 24.2. The van der Waals surface area contributed by atoms with Crippen LogP contribution >= 0.6 is 11.6 Å². The third-order valence-electron chi connectivity index (χ3n) is 4.11. The van der Waals surface area contributed by atoms with Crippen LogP contribution in [0.5, 0.6) is 5.75 Å². The summed E-state index contributed by atoms with van der Waals surface area (Å²) in [6, 6.07) is 12.2. The maximum Gasteiger partial charge on any atom is 0.362 e. The Kier molecular flexibility index (Phi) is 7.14. The molecule has 10 nitrogen and oxygen atoms in total. The summed E-state index contributed by atoms with van der Waals surface area (Å²) in [6.07, 6.45) is 0. The number of carbonyl (C=O) groups is 2. The van der Waals surface area contributed by atoms with E-state index in [-0.39, 0.29) is 28.1 Å². The molecule has 0 spiro atoms. The molecule has 0 aliphatic heterocycles. The number of halogens is 1. The molecule has 0 saturated carbocycles. The van der Waals surface area contributed by atoms with Crippen molar-refractivity contribution < 1.29 is 26.9 Å². The fourth-order valence-corrected chi connectivity index (χ4v) is 3.86. The van der Waals surface area contributed by atoms with Gasteiger partial charge in [-0.15, -0.1) is 0 Å². The molecule has 12 heteroatoms. The number of rotatable bonds is 7. The number of nitrogens with one attached hydrogen (secondary N) is 1. The highest BCUT2D eigenvalue weighted by molar-refractivity contribution is 7.87. The van der Waals surface area contributed by atoms with Crippen LogP contribution in [0, 0.1) is 0 Å². The largest absolute Gasteiger partial charge is 0.461 e. The first-order valence-corrected chi connectivity index (χ1v) is 11.3. The van der Waals surface area contributed by atoms with E-state index < -0.39 is 33.1 Å².